The molecule has 0 aliphatic rings. The van der Waals surface area contributed by atoms with E-state index in [2.05, 4.69) is 0 Å². The van der Waals surface area contributed by atoms with Crippen molar-refractivity contribution in [3.8, 4) is 5.75 Å². The molecular weight excluding hydrogens is 212 g/mol. The van der Waals surface area contributed by atoms with Crippen molar-refractivity contribution in [1.82, 2.24) is 0 Å². The van der Waals surface area contributed by atoms with Crippen LogP contribution in [0.15, 0.2) is 24.3 Å². The van der Waals surface area contributed by atoms with Crippen molar-refractivity contribution in [2.45, 2.75) is 26.7 Å². The van der Waals surface area contributed by atoms with Crippen molar-refractivity contribution in [2.24, 2.45) is 0 Å². The summed E-state index contributed by atoms with van der Waals surface area (Å²) in [6.07, 6.45) is 1.48. The number of hydrogen-bond acceptors (Lipinski definition) is 3. The summed E-state index contributed by atoms with van der Waals surface area (Å²) in [7, 11) is -3.42. The highest BCUT2D eigenvalue weighted by atomic mass is 32.2. The first-order chi connectivity index (χ1) is 7.05. The lowest BCUT2D eigenvalue weighted by molar-refractivity contribution is 0.482. The predicted molar refractivity (Wildman–Crippen MR) is 60.5 cm³/mol. The summed E-state index contributed by atoms with van der Waals surface area (Å²) < 4.78 is 28.0. The molecule has 1 aromatic rings. The van der Waals surface area contributed by atoms with Gasteiger partial charge in [0.15, 0.2) is 0 Å². The molecule has 0 unspecified atom stereocenters. The fourth-order valence-electron chi connectivity index (χ4n) is 1.15. The third-order valence-corrected chi connectivity index (χ3v) is 3.28. The molecular formula is C11H16O3S. The Bertz CT molecular complexity index is 410. The van der Waals surface area contributed by atoms with Crippen LogP contribution in [0.25, 0.3) is 0 Å². The normalized spacial score (nSPS) is 11.3. The molecule has 0 spiro atoms. The summed E-state index contributed by atoms with van der Waals surface area (Å²) >= 11 is 0. The van der Waals surface area contributed by atoms with E-state index in [9.17, 15) is 8.42 Å². The van der Waals surface area contributed by atoms with Crippen molar-refractivity contribution in [3.05, 3.63) is 29.8 Å². The van der Waals surface area contributed by atoms with Gasteiger partial charge in [-0.05, 0) is 25.0 Å². The van der Waals surface area contributed by atoms with E-state index < -0.39 is 10.1 Å². The molecule has 0 aliphatic carbocycles. The molecule has 84 valence electrons. The smallest absolute Gasteiger partial charge is 0.309 e. The van der Waals surface area contributed by atoms with E-state index in [0.717, 1.165) is 12.0 Å². The predicted octanol–water partition coefficient (Wildman–Crippen LogP) is 2.50. The molecule has 0 saturated heterocycles. The van der Waals surface area contributed by atoms with E-state index in [1.165, 1.54) is 0 Å². The number of unbranched alkanes of at least 4 members (excludes halogenated alkanes) is 1. The third-order valence-electron chi connectivity index (χ3n) is 2.06. The molecule has 4 heteroatoms. The van der Waals surface area contributed by atoms with Crippen LogP contribution in [0.4, 0.5) is 0 Å². The van der Waals surface area contributed by atoms with Crippen LogP contribution in [-0.2, 0) is 10.1 Å². The topological polar surface area (TPSA) is 43.4 Å². The van der Waals surface area contributed by atoms with Gasteiger partial charge in [0.25, 0.3) is 0 Å². The van der Waals surface area contributed by atoms with Gasteiger partial charge < -0.3 is 4.18 Å². The van der Waals surface area contributed by atoms with E-state index in [-0.39, 0.29) is 5.75 Å². The van der Waals surface area contributed by atoms with Gasteiger partial charge in [-0.1, -0.05) is 31.5 Å². The molecule has 1 aromatic carbocycles. The highest BCUT2D eigenvalue weighted by Gasteiger charge is 2.12. The molecule has 0 amide bonds. The summed E-state index contributed by atoms with van der Waals surface area (Å²) in [6, 6.07) is 7.10. The largest absolute Gasteiger partial charge is 0.382 e. The Morgan fingerprint density at radius 3 is 2.53 bits per heavy atom. The Morgan fingerprint density at radius 1 is 1.27 bits per heavy atom. The van der Waals surface area contributed by atoms with Crippen LogP contribution in [0.2, 0.25) is 0 Å². The average molecular weight is 228 g/mol. The number of benzene rings is 1. The van der Waals surface area contributed by atoms with Crippen LogP contribution < -0.4 is 4.18 Å². The van der Waals surface area contributed by atoms with Crippen molar-refractivity contribution in [3.63, 3.8) is 0 Å². The molecule has 0 saturated carbocycles. The molecule has 0 bridgehead atoms. The van der Waals surface area contributed by atoms with Gasteiger partial charge in [0.1, 0.15) is 5.75 Å². The standard InChI is InChI=1S/C11H16O3S/c1-3-4-9-15(12,13)14-11-8-6-5-7-10(11)2/h5-8H,3-4,9H2,1-2H3. The van der Waals surface area contributed by atoms with Crippen LogP contribution in [0.3, 0.4) is 0 Å². The lowest BCUT2D eigenvalue weighted by atomic mass is 10.2. The van der Waals surface area contributed by atoms with E-state index >= 15 is 0 Å². The summed E-state index contributed by atoms with van der Waals surface area (Å²) in [5.74, 6) is 0.506. The van der Waals surface area contributed by atoms with Gasteiger partial charge in [-0.2, -0.15) is 8.42 Å². The van der Waals surface area contributed by atoms with E-state index in [1.54, 1.807) is 12.1 Å². The summed E-state index contributed by atoms with van der Waals surface area (Å²) in [5.41, 5.74) is 0.831. The lowest BCUT2D eigenvalue weighted by Crippen LogP contribution is -2.14. The van der Waals surface area contributed by atoms with Crippen molar-refractivity contribution in [2.75, 3.05) is 5.75 Å². The Labute approximate surface area is 91.2 Å². The Morgan fingerprint density at radius 2 is 1.93 bits per heavy atom. The highest BCUT2D eigenvalue weighted by Crippen LogP contribution is 2.18. The number of hydrogen-bond donors (Lipinski definition) is 0. The minimum atomic E-state index is -3.42. The number of para-hydroxylation sites is 1. The first-order valence-electron chi connectivity index (χ1n) is 5.03. The Kier molecular flexibility index (Phi) is 4.15. The monoisotopic (exact) mass is 228 g/mol. The van der Waals surface area contributed by atoms with Crippen molar-refractivity contribution < 1.29 is 12.6 Å². The maximum atomic E-state index is 11.5. The van der Waals surface area contributed by atoms with Gasteiger partial charge >= 0.3 is 10.1 Å². The van der Waals surface area contributed by atoms with E-state index in [4.69, 9.17) is 4.18 Å². The minimum Gasteiger partial charge on any atom is -0.382 e. The molecule has 0 heterocycles. The maximum absolute atomic E-state index is 11.5. The van der Waals surface area contributed by atoms with Crippen LogP contribution in [0.5, 0.6) is 5.75 Å². The van der Waals surface area contributed by atoms with Crippen LogP contribution in [0.1, 0.15) is 25.3 Å². The molecule has 0 aliphatic heterocycles. The fourth-order valence-corrected chi connectivity index (χ4v) is 2.34. The number of rotatable bonds is 5. The van der Waals surface area contributed by atoms with Crippen molar-refractivity contribution >= 4 is 10.1 Å². The van der Waals surface area contributed by atoms with E-state index in [1.807, 2.05) is 26.0 Å². The van der Waals surface area contributed by atoms with E-state index in [0.29, 0.717) is 12.2 Å². The number of aryl methyl sites for hydroxylation is 1. The highest BCUT2D eigenvalue weighted by molar-refractivity contribution is 7.87. The van der Waals surface area contributed by atoms with Crippen molar-refractivity contribution in [1.29, 1.82) is 0 Å². The van der Waals surface area contributed by atoms with Crippen LogP contribution >= 0.6 is 0 Å². The van der Waals surface area contributed by atoms with Crippen LogP contribution in [0, 0.1) is 6.92 Å². The second-order valence-electron chi connectivity index (χ2n) is 3.46. The molecule has 1 rings (SSSR count). The van der Waals surface area contributed by atoms with Crippen LogP contribution in [-0.4, -0.2) is 14.2 Å². The third kappa shape index (κ3) is 3.91. The fraction of sp³-hybridized carbons (Fsp3) is 0.455. The van der Waals surface area contributed by atoms with Gasteiger partial charge in [-0.15, -0.1) is 0 Å². The first kappa shape index (κ1) is 12.0. The SMILES string of the molecule is CCCCS(=O)(=O)Oc1ccccc1C. The zero-order valence-corrected chi connectivity index (χ0v) is 9.88. The summed E-state index contributed by atoms with van der Waals surface area (Å²) in [5, 5.41) is 0. The Hall–Kier alpha value is -1.03. The quantitative estimate of drug-likeness (QED) is 0.727. The second kappa shape index (κ2) is 5.16. The van der Waals surface area contributed by atoms with Gasteiger partial charge in [-0.25, -0.2) is 0 Å². The lowest BCUT2D eigenvalue weighted by Gasteiger charge is -2.08. The maximum Gasteiger partial charge on any atom is 0.309 e. The zero-order chi connectivity index (χ0) is 11.3. The van der Waals surface area contributed by atoms with Gasteiger partial charge in [0, 0.05) is 0 Å². The van der Waals surface area contributed by atoms with Gasteiger partial charge in [0.05, 0.1) is 5.75 Å². The zero-order valence-electron chi connectivity index (χ0n) is 9.06. The molecule has 0 aromatic heterocycles. The average Bonchev–Trinajstić information content (AvgIpc) is 2.18. The van der Waals surface area contributed by atoms with Gasteiger partial charge in [-0.3, -0.25) is 0 Å². The molecule has 3 nitrogen and oxygen atoms in total. The summed E-state index contributed by atoms with van der Waals surface area (Å²) in [6.45, 7) is 3.77. The molecule has 0 N–H and O–H groups in total. The molecule has 15 heavy (non-hydrogen) atoms. The summed E-state index contributed by atoms with van der Waals surface area (Å²) in [4.78, 5) is 0. The first-order valence-corrected chi connectivity index (χ1v) is 6.60. The minimum absolute atomic E-state index is 0.0812. The Balaban J connectivity index is 2.74. The molecule has 0 fully saturated rings. The second-order valence-corrected chi connectivity index (χ2v) is 5.15. The molecule has 0 atom stereocenters. The molecule has 0 radical (unpaired) electrons. The van der Waals surface area contributed by atoms with Gasteiger partial charge in [0.2, 0.25) is 0 Å².